The minimum absolute atomic E-state index is 0.0645. The molecular weight excluding hydrogens is 276 g/mol. The number of nitro benzene ring substituents is 1. The molecular formula is C14H18N2O5. The zero-order chi connectivity index (χ0) is 15.6. The molecule has 0 heterocycles. The number of benzene rings is 1. The maximum Gasteiger partial charge on any atom is 0.336 e. The number of anilines is 1. The van der Waals surface area contributed by atoms with E-state index in [2.05, 4.69) is 0 Å². The van der Waals surface area contributed by atoms with Gasteiger partial charge in [-0.2, -0.15) is 0 Å². The third-order valence-corrected chi connectivity index (χ3v) is 3.63. The predicted octanol–water partition coefficient (Wildman–Crippen LogP) is 2.22. The summed E-state index contributed by atoms with van der Waals surface area (Å²) in [4.78, 5) is 23.8. The van der Waals surface area contributed by atoms with Crippen molar-refractivity contribution in [3.63, 3.8) is 0 Å². The second-order valence-corrected chi connectivity index (χ2v) is 5.12. The third kappa shape index (κ3) is 3.30. The van der Waals surface area contributed by atoms with Crippen molar-refractivity contribution in [2.24, 2.45) is 0 Å². The first-order chi connectivity index (χ1) is 9.95. The number of aromatic carboxylic acids is 1. The summed E-state index contributed by atoms with van der Waals surface area (Å²) in [7, 11) is 1.59. The first-order valence-corrected chi connectivity index (χ1v) is 6.73. The van der Waals surface area contributed by atoms with Crippen molar-refractivity contribution in [3.8, 4) is 0 Å². The number of rotatable bonds is 7. The molecule has 1 aliphatic rings. The Morgan fingerprint density at radius 3 is 2.67 bits per heavy atom. The fourth-order valence-corrected chi connectivity index (χ4v) is 2.37. The van der Waals surface area contributed by atoms with Gasteiger partial charge in [-0.15, -0.1) is 0 Å². The van der Waals surface area contributed by atoms with Gasteiger partial charge < -0.3 is 14.7 Å². The molecule has 7 nitrogen and oxygen atoms in total. The Morgan fingerprint density at radius 2 is 2.19 bits per heavy atom. The molecule has 7 heteroatoms. The van der Waals surface area contributed by atoms with Crippen molar-refractivity contribution in [2.75, 3.05) is 25.2 Å². The summed E-state index contributed by atoms with van der Waals surface area (Å²) in [6, 6.07) is 2.93. The van der Waals surface area contributed by atoms with Crippen LogP contribution in [0, 0.1) is 17.0 Å². The number of carboxylic acids is 1. The standard InChI is InChI=1S/C14H18N2O5/c1-9-12(15(5-6-21-2)11-3-4-11)7-10(14(17)18)8-13(9)16(19)20/h7-8,11H,3-6H2,1-2H3,(H,17,18). The summed E-state index contributed by atoms with van der Waals surface area (Å²) in [5.74, 6) is -1.16. The highest BCUT2D eigenvalue weighted by Gasteiger charge is 2.32. The number of hydrogen-bond donors (Lipinski definition) is 1. The average Bonchev–Trinajstić information content (AvgIpc) is 3.24. The fraction of sp³-hybridized carbons (Fsp3) is 0.500. The van der Waals surface area contributed by atoms with E-state index in [0.29, 0.717) is 30.4 Å². The third-order valence-electron chi connectivity index (χ3n) is 3.63. The van der Waals surface area contributed by atoms with Crippen LogP contribution in [0.1, 0.15) is 28.8 Å². The number of methoxy groups -OCH3 is 1. The fourth-order valence-electron chi connectivity index (χ4n) is 2.37. The van der Waals surface area contributed by atoms with Crippen molar-refractivity contribution in [1.29, 1.82) is 0 Å². The zero-order valence-corrected chi connectivity index (χ0v) is 12.0. The Bertz CT molecular complexity index is 569. The van der Waals surface area contributed by atoms with Gasteiger partial charge in [-0.25, -0.2) is 4.79 Å². The number of carboxylic acid groups (broad SMARTS) is 1. The van der Waals surface area contributed by atoms with Crippen LogP contribution in [0.3, 0.4) is 0 Å². The Labute approximate surface area is 122 Å². The number of hydrogen-bond acceptors (Lipinski definition) is 5. The number of carbonyl (C=O) groups is 1. The van der Waals surface area contributed by atoms with Gasteiger partial charge >= 0.3 is 5.97 Å². The first kappa shape index (κ1) is 15.2. The maximum absolute atomic E-state index is 11.2. The molecule has 0 atom stereocenters. The molecule has 0 aliphatic heterocycles. The van der Waals surface area contributed by atoms with Gasteiger partial charge in [-0.1, -0.05) is 0 Å². The number of nitrogens with zero attached hydrogens (tertiary/aromatic N) is 2. The lowest BCUT2D eigenvalue weighted by Gasteiger charge is -2.26. The summed E-state index contributed by atoms with van der Waals surface area (Å²) < 4.78 is 5.08. The Morgan fingerprint density at radius 1 is 1.52 bits per heavy atom. The highest BCUT2D eigenvalue weighted by molar-refractivity contribution is 5.91. The molecule has 1 fully saturated rings. The zero-order valence-electron chi connectivity index (χ0n) is 12.0. The second-order valence-electron chi connectivity index (χ2n) is 5.12. The van der Waals surface area contributed by atoms with E-state index < -0.39 is 10.9 Å². The van der Waals surface area contributed by atoms with Crippen LogP contribution in [0.25, 0.3) is 0 Å². The molecule has 1 aromatic carbocycles. The molecule has 0 spiro atoms. The molecule has 0 unspecified atom stereocenters. The summed E-state index contributed by atoms with van der Waals surface area (Å²) in [6.07, 6.45) is 2.02. The van der Waals surface area contributed by atoms with E-state index >= 15 is 0 Å². The van der Waals surface area contributed by atoms with Crippen LogP contribution in [0.4, 0.5) is 11.4 Å². The van der Waals surface area contributed by atoms with Crippen LogP contribution in [-0.2, 0) is 4.74 Å². The molecule has 0 aromatic heterocycles. The van der Waals surface area contributed by atoms with Gasteiger partial charge in [-0.3, -0.25) is 10.1 Å². The minimum atomic E-state index is -1.16. The monoisotopic (exact) mass is 294 g/mol. The molecule has 1 saturated carbocycles. The smallest absolute Gasteiger partial charge is 0.336 e. The van der Waals surface area contributed by atoms with Crippen molar-refractivity contribution >= 4 is 17.3 Å². The van der Waals surface area contributed by atoms with Gasteiger partial charge in [0, 0.05) is 31.5 Å². The Balaban J connectivity index is 2.48. The Hall–Kier alpha value is -2.15. The lowest BCUT2D eigenvalue weighted by molar-refractivity contribution is -0.385. The van der Waals surface area contributed by atoms with E-state index in [1.165, 1.54) is 6.07 Å². The molecule has 1 N–H and O–H groups in total. The van der Waals surface area contributed by atoms with Gasteiger partial charge in [0.25, 0.3) is 5.69 Å². The van der Waals surface area contributed by atoms with Crippen LogP contribution in [0.2, 0.25) is 0 Å². The highest BCUT2D eigenvalue weighted by atomic mass is 16.6. The molecule has 0 saturated heterocycles. The Kier molecular flexibility index (Phi) is 4.42. The van der Waals surface area contributed by atoms with E-state index in [9.17, 15) is 14.9 Å². The summed E-state index contributed by atoms with van der Waals surface area (Å²) >= 11 is 0. The first-order valence-electron chi connectivity index (χ1n) is 6.73. The van der Waals surface area contributed by atoms with Gasteiger partial charge in [-0.05, 0) is 25.8 Å². The van der Waals surface area contributed by atoms with E-state index in [1.54, 1.807) is 14.0 Å². The quantitative estimate of drug-likeness (QED) is 0.612. The molecule has 0 amide bonds. The van der Waals surface area contributed by atoms with Gasteiger partial charge in [0.15, 0.2) is 0 Å². The lowest BCUT2D eigenvalue weighted by Crippen LogP contribution is -2.30. The van der Waals surface area contributed by atoms with Crippen molar-refractivity contribution < 1.29 is 19.6 Å². The lowest BCUT2D eigenvalue weighted by atomic mass is 10.1. The van der Waals surface area contributed by atoms with Gasteiger partial charge in [0.2, 0.25) is 0 Å². The minimum Gasteiger partial charge on any atom is -0.478 e. The summed E-state index contributed by atoms with van der Waals surface area (Å²) in [5, 5.41) is 20.3. The van der Waals surface area contributed by atoms with Crippen molar-refractivity contribution in [2.45, 2.75) is 25.8 Å². The summed E-state index contributed by atoms with van der Waals surface area (Å²) in [6.45, 7) is 2.73. The van der Waals surface area contributed by atoms with E-state index in [0.717, 1.165) is 18.9 Å². The van der Waals surface area contributed by atoms with Crippen LogP contribution in [-0.4, -0.2) is 42.3 Å². The largest absolute Gasteiger partial charge is 0.478 e. The van der Waals surface area contributed by atoms with Crippen LogP contribution in [0.15, 0.2) is 12.1 Å². The molecule has 0 radical (unpaired) electrons. The molecule has 2 rings (SSSR count). The molecule has 114 valence electrons. The van der Waals surface area contributed by atoms with Crippen LogP contribution in [0.5, 0.6) is 0 Å². The highest BCUT2D eigenvalue weighted by Crippen LogP contribution is 2.37. The van der Waals surface area contributed by atoms with Gasteiger partial charge in [0.05, 0.1) is 22.7 Å². The molecule has 1 aliphatic carbocycles. The van der Waals surface area contributed by atoms with E-state index in [-0.39, 0.29) is 11.3 Å². The second kappa shape index (κ2) is 6.09. The van der Waals surface area contributed by atoms with Crippen molar-refractivity contribution in [1.82, 2.24) is 0 Å². The molecule has 21 heavy (non-hydrogen) atoms. The molecule has 0 bridgehead atoms. The molecule has 1 aromatic rings. The number of nitro groups is 1. The van der Waals surface area contributed by atoms with Crippen LogP contribution < -0.4 is 4.90 Å². The predicted molar refractivity (Wildman–Crippen MR) is 77.0 cm³/mol. The normalized spacial score (nSPS) is 14.0. The van der Waals surface area contributed by atoms with E-state index in [1.807, 2.05) is 4.90 Å². The van der Waals surface area contributed by atoms with Gasteiger partial charge in [0.1, 0.15) is 0 Å². The maximum atomic E-state index is 11.2. The van der Waals surface area contributed by atoms with Crippen LogP contribution >= 0.6 is 0 Å². The number of ether oxygens (including phenoxy) is 1. The summed E-state index contributed by atoms with van der Waals surface area (Å²) in [5.41, 5.74) is 0.882. The van der Waals surface area contributed by atoms with Crippen molar-refractivity contribution in [3.05, 3.63) is 33.4 Å². The van der Waals surface area contributed by atoms with E-state index in [4.69, 9.17) is 9.84 Å². The SMILES string of the molecule is COCCN(c1cc(C(=O)O)cc([N+](=O)[O-])c1C)C1CC1. The topological polar surface area (TPSA) is 92.9 Å². The average molecular weight is 294 g/mol.